The van der Waals surface area contributed by atoms with Gasteiger partial charge in [-0.15, -0.1) is 0 Å². The Bertz CT molecular complexity index is 1120. The monoisotopic (exact) mass is 355 g/mol. The van der Waals surface area contributed by atoms with E-state index in [-0.39, 0.29) is 5.41 Å². The van der Waals surface area contributed by atoms with Crippen LogP contribution in [0.5, 0.6) is 5.75 Å². The Morgan fingerprint density at radius 1 is 0.963 bits per heavy atom. The van der Waals surface area contributed by atoms with E-state index in [1.165, 1.54) is 38.7 Å². The van der Waals surface area contributed by atoms with Crippen LogP contribution < -0.4 is 9.64 Å². The van der Waals surface area contributed by atoms with Crippen LogP contribution in [0.25, 0.3) is 16.8 Å². The molecule has 0 saturated heterocycles. The molecule has 0 aromatic heterocycles. The van der Waals surface area contributed by atoms with Crippen molar-refractivity contribution in [3.8, 4) is 5.75 Å². The fourth-order valence-electron chi connectivity index (χ4n) is 5.11. The smallest absolute Gasteiger partial charge is 0.211 e. The molecule has 0 radical (unpaired) electrons. The van der Waals surface area contributed by atoms with E-state index in [4.69, 9.17) is 4.74 Å². The summed E-state index contributed by atoms with van der Waals surface area (Å²) in [5.41, 5.74) is 5.73. The minimum Gasteiger partial charge on any atom is -0.463 e. The quantitative estimate of drug-likeness (QED) is 0.491. The van der Waals surface area contributed by atoms with E-state index in [9.17, 15) is 0 Å². The molecule has 0 N–H and O–H groups in total. The molecule has 0 fully saturated rings. The number of nitrogens with zero attached hydrogens (tertiary/aromatic N) is 1. The fraction of sp³-hybridized carbons (Fsp3) is 0.280. The standard InChI is InChI=1S/C25H25NO/c1-16-14-17(2)23-21(15-16)24(3,4)25(26(23)5)13-12-20-19-9-7-6-8-18(19)10-11-22(20)27-25/h6-15H,1-5H3. The van der Waals surface area contributed by atoms with Crippen molar-refractivity contribution in [2.45, 2.75) is 38.8 Å². The molecule has 0 bridgehead atoms. The molecule has 2 heterocycles. The zero-order valence-corrected chi connectivity index (χ0v) is 16.6. The number of ether oxygens (including phenoxy) is 1. The van der Waals surface area contributed by atoms with Gasteiger partial charge in [0.25, 0.3) is 0 Å². The van der Waals surface area contributed by atoms with Gasteiger partial charge in [-0.2, -0.15) is 0 Å². The van der Waals surface area contributed by atoms with E-state index in [2.05, 4.69) is 100 Å². The molecule has 3 aromatic carbocycles. The van der Waals surface area contributed by atoms with Gasteiger partial charge in [0.05, 0.1) is 5.41 Å². The van der Waals surface area contributed by atoms with Crippen molar-refractivity contribution < 1.29 is 4.74 Å². The Labute approximate surface area is 161 Å². The van der Waals surface area contributed by atoms with Gasteiger partial charge in [0, 0.05) is 18.3 Å². The van der Waals surface area contributed by atoms with Gasteiger partial charge in [0.15, 0.2) is 0 Å². The minimum absolute atomic E-state index is 0.173. The zero-order chi connectivity index (χ0) is 19.0. The van der Waals surface area contributed by atoms with E-state index in [1.807, 2.05) is 0 Å². The molecular weight excluding hydrogens is 330 g/mol. The second kappa shape index (κ2) is 5.16. The van der Waals surface area contributed by atoms with Crippen molar-refractivity contribution in [2.24, 2.45) is 0 Å². The maximum Gasteiger partial charge on any atom is 0.211 e. The number of hydrogen-bond acceptors (Lipinski definition) is 2. The molecule has 27 heavy (non-hydrogen) atoms. The number of likely N-dealkylation sites (N-methyl/N-ethyl adjacent to an activating group) is 1. The maximum atomic E-state index is 6.83. The van der Waals surface area contributed by atoms with Crippen LogP contribution >= 0.6 is 0 Å². The molecule has 2 heteroatoms. The molecule has 1 unspecified atom stereocenters. The normalized spacial score (nSPS) is 22.0. The van der Waals surface area contributed by atoms with Crippen molar-refractivity contribution in [3.05, 3.63) is 76.9 Å². The first-order chi connectivity index (χ1) is 12.8. The van der Waals surface area contributed by atoms with Crippen molar-refractivity contribution in [1.29, 1.82) is 0 Å². The lowest BCUT2D eigenvalue weighted by Crippen LogP contribution is -2.58. The lowest BCUT2D eigenvalue weighted by atomic mass is 9.75. The molecule has 0 amide bonds. The Balaban J connectivity index is 1.73. The van der Waals surface area contributed by atoms with Gasteiger partial charge in [-0.3, -0.25) is 0 Å². The van der Waals surface area contributed by atoms with Crippen LogP contribution in [0, 0.1) is 13.8 Å². The minimum atomic E-state index is -0.524. The molecule has 0 saturated carbocycles. The number of fused-ring (bicyclic) bond motifs is 4. The van der Waals surface area contributed by atoms with Crippen LogP contribution in [0.3, 0.4) is 0 Å². The van der Waals surface area contributed by atoms with E-state index in [1.54, 1.807) is 0 Å². The average Bonchev–Trinajstić information content (AvgIpc) is 2.80. The maximum absolute atomic E-state index is 6.83. The summed E-state index contributed by atoms with van der Waals surface area (Å²) in [5.74, 6) is 0.957. The molecule has 5 rings (SSSR count). The SMILES string of the molecule is Cc1cc(C)c2c(c1)C(C)(C)C1(C=Cc3c(ccc4ccccc34)O1)N2C. The topological polar surface area (TPSA) is 12.5 Å². The first-order valence-electron chi connectivity index (χ1n) is 9.61. The first-order valence-corrected chi connectivity index (χ1v) is 9.61. The molecule has 2 nitrogen and oxygen atoms in total. The highest BCUT2D eigenvalue weighted by molar-refractivity contribution is 5.94. The van der Waals surface area contributed by atoms with Crippen molar-refractivity contribution >= 4 is 22.5 Å². The predicted octanol–water partition coefficient (Wildman–Crippen LogP) is 5.99. The summed E-state index contributed by atoms with van der Waals surface area (Å²) < 4.78 is 6.83. The Morgan fingerprint density at radius 2 is 1.74 bits per heavy atom. The Morgan fingerprint density at radius 3 is 2.56 bits per heavy atom. The van der Waals surface area contributed by atoms with Crippen LogP contribution in [0.15, 0.2) is 54.6 Å². The van der Waals surface area contributed by atoms with Crippen molar-refractivity contribution in [2.75, 3.05) is 11.9 Å². The van der Waals surface area contributed by atoms with Gasteiger partial charge in [-0.1, -0.05) is 48.0 Å². The molecule has 2 aliphatic heterocycles. The Hall–Kier alpha value is -2.74. The highest BCUT2D eigenvalue weighted by Gasteiger charge is 2.58. The fourth-order valence-corrected chi connectivity index (χ4v) is 5.11. The second-order valence-electron chi connectivity index (χ2n) is 8.49. The summed E-state index contributed by atoms with van der Waals surface area (Å²) in [6.07, 6.45) is 4.52. The molecule has 3 aromatic rings. The summed E-state index contributed by atoms with van der Waals surface area (Å²) in [4.78, 5) is 2.33. The van der Waals surface area contributed by atoms with Gasteiger partial charge in [-0.25, -0.2) is 0 Å². The van der Waals surface area contributed by atoms with E-state index in [0.29, 0.717) is 0 Å². The van der Waals surface area contributed by atoms with Crippen molar-refractivity contribution in [3.63, 3.8) is 0 Å². The lowest BCUT2D eigenvalue weighted by Gasteiger charge is -2.46. The van der Waals surface area contributed by atoms with Crippen LogP contribution in [0.4, 0.5) is 5.69 Å². The number of aryl methyl sites for hydroxylation is 2. The van der Waals surface area contributed by atoms with Gasteiger partial charge >= 0.3 is 0 Å². The number of benzene rings is 3. The molecular formula is C25H25NO. The van der Waals surface area contributed by atoms with Gasteiger partial charge < -0.3 is 9.64 Å². The van der Waals surface area contributed by atoms with E-state index >= 15 is 0 Å². The molecule has 0 aliphatic carbocycles. The summed E-state index contributed by atoms with van der Waals surface area (Å²) in [6.45, 7) is 8.97. The van der Waals surface area contributed by atoms with E-state index in [0.717, 1.165) is 5.75 Å². The Kier molecular flexibility index (Phi) is 3.14. The molecule has 1 spiro atoms. The predicted molar refractivity (Wildman–Crippen MR) is 114 cm³/mol. The highest BCUT2D eigenvalue weighted by atomic mass is 16.5. The number of anilines is 1. The number of rotatable bonds is 0. The summed E-state index contributed by atoms with van der Waals surface area (Å²) in [5, 5.41) is 2.48. The van der Waals surface area contributed by atoms with E-state index < -0.39 is 5.72 Å². The molecule has 136 valence electrons. The largest absolute Gasteiger partial charge is 0.463 e. The van der Waals surface area contributed by atoms with Crippen molar-refractivity contribution in [1.82, 2.24) is 0 Å². The zero-order valence-electron chi connectivity index (χ0n) is 16.6. The van der Waals surface area contributed by atoms with Gasteiger partial charge in [0.1, 0.15) is 5.75 Å². The van der Waals surface area contributed by atoms with Crippen LogP contribution in [-0.4, -0.2) is 12.8 Å². The lowest BCUT2D eigenvalue weighted by molar-refractivity contribution is 0.0583. The van der Waals surface area contributed by atoms with Crippen LogP contribution in [0.1, 0.15) is 36.1 Å². The third-order valence-corrected chi connectivity index (χ3v) is 6.52. The summed E-state index contributed by atoms with van der Waals surface area (Å²) in [7, 11) is 2.16. The molecule has 1 atom stereocenters. The third-order valence-electron chi connectivity index (χ3n) is 6.52. The first kappa shape index (κ1) is 16.4. The average molecular weight is 355 g/mol. The van der Waals surface area contributed by atoms with Crippen LogP contribution in [-0.2, 0) is 5.41 Å². The second-order valence-corrected chi connectivity index (χ2v) is 8.49. The molecule has 2 aliphatic rings. The van der Waals surface area contributed by atoms with Crippen LogP contribution in [0.2, 0.25) is 0 Å². The summed E-state index contributed by atoms with van der Waals surface area (Å²) in [6, 6.07) is 17.4. The van der Waals surface area contributed by atoms with Gasteiger partial charge in [0.2, 0.25) is 5.72 Å². The summed E-state index contributed by atoms with van der Waals surface area (Å²) >= 11 is 0. The number of hydrogen-bond donors (Lipinski definition) is 0. The highest BCUT2D eigenvalue weighted by Crippen LogP contribution is 2.55. The third kappa shape index (κ3) is 1.96. The van der Waals surface area contributed by atoms with Gasteiger partial charge in [-0.05, 0) is 67.8 Å².